The summed E-state index contributed by atoms with van der Waals surface area (Å²) in [5.41, 5.74) is 2.17. The molecule has 6 nitrogen and oxygen atoms in total. The van der Waals surface area contributed by atoms with Gasteiger partial charge in [-0.15, -0.1) is 11.8 Å². The van der Waals surface area contributed by atoms with Crippen LogP contribution >= 0.6 is 11.8 Å². The van der Waals surface area contributed by atoms with Crippen molar-refractivity contribution in [2.24, 2.45) is 11.8 Å². The summed E-state index contributed by atoms with van der Waals surface area (Å²) in [6, 6.07) is 0. The molecular formula is C11H19N3O3S. The van der Waals surface area contributed by atoms with Crippen molar-refractivity contribution in [2.45, 2.75) is 18.1 Å². The van der Waals surface area contributed by atoms with Gasteiger partial charge in [0, 0.05) is 19.0 Å². The molecule has 2 aliphatic heterocycles. The Morgan fingerprint density at radius 2 is 2.00 bits per heavy atom. The molecule has 2 saturated heterocycles. The van der Waals surface area contributed by atoms with E-state index >= 15 is 0 Å². The van der Waals surface area contributed by atoms with Crippen LogP contribution in [0.15, 0.2) is 0 Å². The maximum absolute atomic E-state index is 11.9. The summed E-state index contributed by atoms with van der Waals surface area (Å²) < 4.78 is 5.06. The molecule has 0 aromatic rings. The van der Waals surface area contributed by atoms with Crippen molar-refractivity contribution >= 4 is 23.6 Å². The summed E-state index contributed by atoms with van der Waals surface area (Å²) >= 11 is 1.66. The summed E-state index contributed by atoms with van der Waals surface area (Å²) in [5, 5.41) is 0.481. The van der Waals surface area contributed by atoms with Gasteiger partial charge in [0.25, 0.3) is 0 Å². The Morgan fingerprint density at radius 3 is 2.50 bits per heavy atom. The van der Waals surface area contributed by atoms with E-state index in [1.54, 1.807) is 11.8 Å². The van der Waals surface area contributed by atoms with Crippen LogP contribution in [0.3, 0.4) is 0 Å². The van der Waals surface area contributed by atoms with Gasteiger partial charge in [-0.1, -0.05) is 0 Å². The minimum absolute atomic E-state index is 0.0493. The van der Waals surface area contributed by atoms with Gasteiger partial charge in [-0.25, -0.2) is 5.84 Å². The molecule has 0 spiro atoms. The van der Waals surface area contributed by atoms with E-state index in [1.165, 1.54) is 0 Å². The molecule has 0 unspecified atom stereocenters. The van der Waals surface area contributed by atoms with E-state index in [2.05, 4.69) is 5.43 Å². The maximum atomic E-state index is 11.9. The predicted molar refractivity (Wildman–Crippen MR) is 68.7 cm³/mol. The average molecular weight is 273 g/mol. The predicted octanol–water partition coefficient (Wildman–Crippen LogP) is -0.653. The minimum atomic E-state index is -0.122. The Bertz CT molecular complexity index is 315. The molecule has 2 fully saturated rings. The van der Waals surface area contributed by atoms with Crippen LogP contribution in [0.25, 0.3) is 0 Å². The van der Waals surface area contributed by atoms with Gasteiger partial charge in [0.15, 0.2) is 0 Å². The average Bonchev–Trinajstić information content (AvgIpc) is 2.36. The molecule has 2 amide bonds. The van der Waals surface area contributed by atoms with E-state index in [4.69, 9.17) is 10.6 Å². The molecular weight excluding hydrogens is 254 g/mol. The van der Waals surface area contributed by atoms with E-state index in [1.807, 2.05) is 4.90 Å². The van der Waals surface area contributed by atoms with Crippen molar-refractivity contribution in [1.29, 1.82) is 0 Å². The lowest BCUT2D eigenvalue weighted by atomic mass is 9.96. The van der Waals surface area contributed by atoms with Crippen LogP contribution in [0.2, 0.25) is 0 Å². The number of hydrogen-bond acceptors (Lipinski definition) is 5. The lowest BCUT2D eigenvalue weighted by molar-refractivity contribution is -0.133. The Labute approximate surface area is 111 Å². The first kappa shape index (κ1) is 13.6. The van der Waals surface area contributed by atoms with Crippen molar-refractivity contribution in [1.82, 2.24) is 10.3 Å². The standard InChI is InChI=1S/C11H19N3O3S/c12-13-11(16)8-1-3-14(4-2-8)10(15)7-18-9-5-17-6-9/h8-9H,1-7,12H2,(H,13,16). The van der Waals surface area contributed by atoms with E-state index in [0.717, 1.165) is 13.2 Å². The number of nitrogens with two attached hydrogens (primary N) is 1. The van der Waals surface area contributed by atoms with E-state index < -0.39 is 0 Å². The summed E-state index contributed by atoms with van der Waals surface area (Å²) in [5.74, 6) is 5.61. The number of likely N-dealkylation sites (tertiary alicyclic amines) is 1. The monoisotopic (exact) mass is 273 g/mol. The molecule has 2 rings (SSSR count). The normalized spacial score (nSPS) is 21.5. The molecule has 2 aliphatic rings. The number of hydrogen-bond donors (Lipinski definition) is 2. The third-order valence-corrected chi connectivity index (χ3v) is 4.57. The fraction of sp³-hybridized carbons (Fsp3) is 0.818. The zero-order valence-electron chi connectivity index (χ0n) is 10.3. The first-order valence-electron chi connectivity index (χ1n) is 6.18. The lowest BCUT2D eigenvalue weighted by Crippen LogP contribution is -2.45. The summed E-state index contributed by atoms with van der Waals surface area (Å²) in [6.45, 7) is 2.82. The Kier molecular flexibility index (Phi) is 4.85. The smallest absolute Gasteiger partial charge is 0.237 e. The van der Waals surface area contributed by atoms with Gasteiger partial charge in [0.1, 0.15) is 0 Å². The Morgan fingerprint density at radius 1 is 1.33 bits per heavy atom. The number of carbonyl (C=O) groups is 2. The highest BCUT2D eigenvalue weighted by Gasteiger charge is 2.27. The number of hydrazine groups is 1. The van der Waals surface area contributed by atoms with Gasteiger partial charge in [-0.2, -0.15) is 0 Å². The van der Waals surface area contributed by atoms with Crippen LogP contribution in [0.5, 0.6) is 0 Å². The van der Waals surface area contributed by atoms with Gasteiger partial charge in [-0.3, -0.25) is 15.0 Å². The highest BCUT2D eigenvalue weighted by Crippen LogP contribution is 2.21. The molecule has 102 valence electrons. The molecule has 0 bridgehead atoms. The number of rotatable bonds is 4. The largest absolute Gasteiger partial charge is 0.379 e. The molecule has 3 N–H and O–H groups in total. The number of ether oxygens (including phenoxy) is 1. The Balaban J connectivity index is 1.68. The van der Waals surface area contributed by atoms with E-state index in [0.29, 0.717) is 36.9 Å². The number of nitrogens with one attached hydrogen (secondary N) is 1. The van der Waals surface area contributed by atoms with Crippen molar-refractivity contribution < 1.29 is 14.3 Å². The third-order valence-electron chi connectivity index (χ3n) is 3.41. The van der Waals surface area contributed by atoms with Gasteiger partial charge in [0.05, 0.1) is 24.2 Å². The molecule has 0 saturated carbocycles. The zero-order chi connectivity index (χ0) is 13.0. The van der Waals surface area contributed by atoms with Gasteiger partial charge in [-0.05, 0) is 12.8 Å². The Hall–Kier alpha value is -0.790. The number of carbonyl (C=O) groups excluding carboxylic acids is 2. The second kappa shape index (κ2) is 6.40. The van der Waals surface area contributed by atoms with Crippen molar-refractivity contribution in [3.8, 4) is 0 Å². The van der Waals surface area contributed by atoms with E-state index in [-0.39, 0.29) is 17.7 Å². The number of thioether (sulfide) groups is 1. The molecule has 0 aliphatic carbocycles. The summed E-state index contributed by atoms with van der Waals surface area (Å²) in [6.07, 6.45) is 1.40. The van der Waals surface area contributed by atoms with Crippen molar-refractivity contribution in [2.75, 3.05) is 32.1 Å². The molecule has 0 atom stereocenters. The van der Waals surface area contributed by atoms with Crippen LogP contribution in [-0.2, 0) is 14.3 Å². The highest BCUT2D eigenvalue weighted by atomic mass is 32.2. The van der Waals surface area contributed by atoms with Crippen LogP contribution in [0, 0.1) is 5.92 Å². The topological polar surface area (TPSA) is 84.7 Å². The van der Waals surface area contributed by atoms with Crippen LogP contribution in [-0.4, -0.2) is 54.0 Å². The van der Waals surface area contributed by atoms with Crippen LogP contribution < -0.4 is 11.3 Å². The van der Waals surface area contributed by atoms with E-state index in [9.17, 15) is 9.59 Å². The van der Waals surface area contributed by atoms with Crippen molar-refractivity contribution in [3.05, 3.63) is 0 Å². The first-order valence-corrected chi connectivity index (χ1v) is 7.23. The fourth-order valence-corrected chi connectivity index (χ4v) is 3.05. The molecule has 0 aromatic heterocycles. The molecule has 0 aromatic carbocycles. The molecule has 2 heterocycles. The zero-order valence-corrected chi connectivity index (χ0v) is 11.1. The van der Waals surface area contributed by atoms with Crippen LogP contribution in [0.1, 0.15) is 12.8 Å². The number of amides is 2. The number of piperidine rings is 1. The second-order valence-corrected chi connectivity index (χ2v) is 5.92. The molecule has 7 heteroatoms. The fourth-order valence-electron chi connectivity index (χ4n) is 2.10. The third kappa shape index (κ3) is 3.37. The number of nitrogens with zero attached hydrogens (tertiary/aromatic N) is 1. The van der Waals surface area contributed by atoms with Gasteiger partial charge < -0.3 is 9.64 Å². The minimum Gasteiger partial charge on any atom is -0.379 e. The maximum Gasteiger partial charge on any atom is 0.237 e. The van der Waals surface area contributed by atoms with Gasteiger partial charge in [0.2, 0.25) is 11.8 Å². The molecule has 18 heavy (non-hydrogen) atoms. The van der Waals surface area contributed by atoms with Gasteiger partial charge >= 0.3 is 0 Å². The highest BCUT2D eigenvalue weighted by molar-refractivity contribution is 8.00. The lowest BCUT2D eigenvalue weighted by Gasteiger charge is -2.32. The first-order chi connectivity index (χ1) is 8.70. The quantitative estimate of drug-likeness (QED) is 0.404. The second-order valence-electron chi connectivity index (χ2n) is 4.63. The SMILES string of the molecule is NNC(=O)C1CCN(C(=O)CSC2COC2)CC1. The molecule has 0 radical (unpaired) electrons. The summed E-state index contributed by atoms with van der Waals surface area (Å²) in [4.78, 5) is 25.1. The van der Waals surface area contributed by atoms with Crippen molar-refractivity contribution in [3.63, 3.8) is 0 Å². The van der Waals surface area contributed by atoms with Crippen LogP contribution in [0.4, 0.5) is 0 Å². The summed E-state index contributed by atoms with van der Waals surface area (Å²) in [7, 11) is 0.